The Kier molecular flexibility index (Phi) is 7.73. The Labute approximate surface area is 201 Å². The number of anilines is 1. The van der Waals surface area contributed by atoms with E-state index in [0.29, 0.717) is 38.2 Å². The van der Waals surface area contributed by atoms with Gasteiger partial charge in [-0.3, -0.25) is 9.59 Å². The molecule has 4 rings (SSSR count). The molecule has 8 nitrogen and oxygen atoms in total. The second-order valence-corrected chi connectivity index (χ2v) is 11.1. The van der Waals surface area contributed by atoms with Crippen LogP contribution in [0.5, 0.6) is 0 Å². The molecule has 2 saturated heterocycles. The van der Waals surface area contributed by atoms with Crippen molar-refractivity contribution in [3.8, 4) is 0 Å². The lowest BCUT2D eigenvalue weighted by Crippen LogP contribution is -2.43. The molecule has 184 valence electrons. The molecular formula is C25H34N4O4S. The Hall–Kier alpha value is -2.65. The second kappa shape index (κ2) is 10.7. The molecule has 1 aromatic heterocycles. The minimum atomic E-state index is -3.81. The first kappa shape index (κ1) is 24.5. The van der Waals surface area contributed by atoms with Crippen molar-refractivity contribution in [2.45, 2.75) is 56.8 Å². The molecule has 2 aliphatic heterocycles. The van der Waals surface area contributed by atoms with E-state index in [-0.39, 0.29) is 23.3 Å². The molecule has 2 fully saturated rings. The SMILES string of the molecule is CCc1cccc(NC(=O)[C@@H]2CCCN(S(=O)(=O)c3c[nH]c(C(=O)N4CCCCCC4)c3)C2)c1. The zero-order valence-corrected chi connectivity index (χ0v) is 20.6. The van der Waals surface area contributed by atoms with Crippen molar-refractivity contribution in [3.05, 3.63) is 47.8 Å². The number of aromatic nitrogens is 1. The fourth-order valence-corrected chi connectivity index (χ4v) is 6.25. The molecule has 0 aliphatic carbocycles. The van der Waals surface area contributed by atoms with Gasteiger partial charge in [0.15, 0.2) is 0 Å². The lowest BCUT2D eigenvalue weighted by molar-refractivity contribution is -0.120. The van der Waals surface area contributed by atoms with Crippen LogP contribution in [0.2, 0.25) is 0 Å². The molecule has 1 atom stereocenters. The maximum absolute atomic E-state index is 13.3. The highest BCUT2D eigenvalue weighted by Crippen LogP contribution is 2.26. The molecule has 9 heteroatoms. The summed E-state index contributed by atoms with van der Waals surface area (Å²) in [5.41, 5.74) is 2.15. The smallest absolute Gasteiger partial charge is 0.270 e. The van der Waals surface area contributed by atoms with Crippen molar-refractivity contribution >= 4 is 27.5 Å². The number of piperidine rings is 1. The van der Waals surface area contributed by atoms with Crippen LogP contribution in [-0.2, 0) is 21.2 Å². The number of hydrogen-bond donors (Lipinski definition) is 2. The predicted octanol–water partition coefficient (Wildman–Crippen LogP) is 3.63. The van der Waals surface area contributed by atoms with E-state index in [1.54, 1.807) is 4.90 Å². The summed E-state index contributed by atoms with van der Waals surface area (Å²) in [5.74, 6) is -0.751. The fraction of sp³-hybridized carbons (Fsp3) is 0.520. The summed E-state index contributed by atoms with van der Waals surface area (Å²) in [6, 6.07) is 9.13. The van der Waals surface area contributed by atoms with Crippen molar-refractivity contribution in [2.75, 3.05) is 31.5 Å². The van der Waals surface area contributed by atoms with Crippen LogP contribution >= 0.6 is 0 Å². The zero-order chi connectivity index (χ0) is 24.1. The molecule has 34 heavy (non-hydrogen) atoms. The number of aromatic amines is 1. The van der Waals surface area contributed by atoms with Crippen LogP contribution < -0.4 is 5.32 Å². The molecule has 0 spiro atoms. The first-order valence-corrected chi connectivity index (χ1v) is 13.7. The Morgan fingerprint density at radius 3 is 2.56 bits per heavy atom. The normalized spacial score (nSPS) is 20.0. The van der Waals surface area contributed by atoms with Crippen LogP contribution in [0.1, 0.15) is 61.5 Å². The Morgan fingerprint density at radius 1 is 1.06 bits per heavy atom. The quantitative estimate of drug-likeness (QED) is 0.651. The van der Waals surface area contributed by atoms with E-state index in [2.05, 4.69) is 17.2 Å². The van der Waals surface area contributed by atoms with Crippen molar-refractivity contribution in [1.29, 1.82) is 0 Å². The highest BCUT2D eigenvalue weighted by molar-refractivity contribution is 7.89. The van der Waals surface area contributed by atoms with E-state index in [4.69, 9.17) is 0 Å². The van der Waals surface area contributed by atoms with E-state index in [1.807, 2.05) is 24.3 Å². The van der Waals surface area contributed by atoms with Crippen LogP contribution in [0.3, 0.4) is 0 Å². The van der Waals surface area contributed by atoms with Crippen LogP contribution in [0.25, 0.3) is 0 Å². The number of nitrogens with one attached hydrogen (secondary N) is 2. The van der Waals surface area contributed by atoms with Crippen molar-refractivity contribution in [2.24, 2.45) is 5.92 Å². The van der Waals surface area contributed by atoms with Crippen molar-refractivity contribution in [1.82, 2.24) is 14.2 Å². The van der Waals surface area contributed by atoms with E-state index in [1.165, 1.54) is 16.6 Å². The van der Waals surface area contributed by atoms with Gasteiger partial charge in [-0.05, 0) is 55.9 Å². The topological polar surface area (TPSA) is 103 Å². The number of carbonyl (C=O) groups excluding carboxylic acids is 2. The third-order valence-electron chi connectivity index (χ3n) is 6.78. The van der Waals surface area contributed by atoms with Gasteiger partial charge in [0.1, 0.15) is 10.6 Å². The number of hydrogen-bond acceptors (Lipinski definition) is 4. The monoisotopic (exact) mass is 486 g/mol. The molecule has 2 N–H and O–H groups in total. The number of sulfonamides is 1. The van der Waals surface area contributed by atoms with E-state index < -0.39 is 15.9 Å². The van der Waals surface area contributed by atoms with E-state index in [0.717, 1.165) is 43.4 Å². The van der Waals surface area contributed by atoms with Gasteiger partial charge in [-0.2, -0.15) is 4.31 Å². The van der Waals surface area contributed by atoms with Crippen LogP contribution in [0, 0.1) is 5.92 Å². The third-order valence-corrected chi connectivity index (χ3v) is 8.62. The van der Waals surface area contributed by atoms with Gasteiger partial charge in [-0.15, -0.1) is 0 Å². The molecule has 1 aromatic carbocycles. The van der Waals surface area contributed by atoms with Gasteiger partial charge in [0.25, 0.3) is 5.91 Å². The molecule has 2 aliphatic rings. The minimum Gasteiger partial charge on any atom is -0.356 e. The second-order valence-electron chi connectivity index (χ2n) is 9.20. The Balaban J connectivity index is 1.43. The van der Waals surface area contributed by atoms with Crippen molar-refractivity contribution < 1.29 is 18.0 Å². The first-order valence-electron chi connectivity index (χ1n) is 12.3. The first-order chi connectivity index (χ1) is 16.4. The molecular weight excluding hydrogens is 452 g/mol. The summed E-state index contributed by atoms with van der Waals surface area (Å²) in [7, 11) is -3.81. The highest BCUT2D eigenvalue weighted by atomic mass is 32.2. The number of aryl methyl sites for hydroxylation is 1. The predicted molar refractivity (Wildman–Crippen MR) is 131 cm³/mol. The van der Waals surface area contributed by atoms with Gasteiger partial charge in [-0.25, -0.2) is 8.42 Å². The van der Waals surface area contributed by atoms with Gasteiger partial charge in [-0.1, -0.05) is 31.9 Å². The summed E-state index contributed by atoms with van der Waals surface area (Å²) in [5, 5.41) is 2.94. The largest absolute Gasteiger partial charge is 0.356 e. The Bertz CT molecular complexity index is 1120. The van der Waals surface area contributed by atoms with Gasteiger partial charge in [0, 0.05) is 38.1 Å². The van der Waals surface area contributed by atoms with Gasteiger partial charge >= 0.3 is 0 Å². The van der Waals surface area contributed by atoms with Crippen LogP contribution in [0.15, 0.2) is 41.4 Å². The summed E-state index contributed by atoms with van der Waals surface area (Å²) >= 11 is 0. The maximum Gasteiger partial charge on any atom is 0.270 e. The third kappa shape index (κ3) is 5.52. The average Bonchev–Trinajstić information content (AvgIpc) is 3.21. The molecule has 2 aromatic rings. The van der Waals surface area contributed by atoms with Crippen LogP contribution in [-0.4, -0.2) is 60.6 Å². The number of H-pyrrole nitrogens is 1. The molecule has 0 bridgehead atoms. The van der Waals surface area contributed by atoms with E-state index >= 15 is 0 Å². The summed E-state index contributed by atoms with van der Waals surface area (Å²) in [4.78, 5) is 30.5. The summed E-state index contributed by atoms with van der Waals surface area (Å²) in [6.07, 6.45) is 7.67. The van der Waals surface area contributed by atoms with Gasteiger partial charge in [0.05, 0.1) is 5.92 Å². The minimum absolute atomic E-state index is 0.0716. The maximum atomic E-state index is 13.3. The van der Waals surface area contributed by atoms with E-state index in [9.17, 15) is 18.0 Å². The number of benzene rings is 1. The zero-order valence-electron chi connectivity index (χ0n) is 19.8. The summed E-state index contributed by atoms with van der Waals surface area (Å²) in [6.45, 7) is 3.94. The molecule has 2 amide bonds. The standard InChI is InChI=1S/C25H34N4O4S/c1-2-19-9-7-11-21(15-19)27-24(30)20-10-8-14-29(18-20)34(32,33)22-16-23(26-17-22)25(31)28-12-5-3-4-6-13-28/h7,9,11,15-17,20,26H,2-6,8,10,12-14,18H2,1H3,(H,27,30)/t20-/m1/s1. The lowest BCUT2D eigenvalue weighted by atomic mass is 9.98. The Morgan fingerprint density at radius 2 is 1.82 bits per heavy atom. The number of likely N-dealkylation sites (tertiary alicyclic amines) is 1. The van der Waals surface area contributed by atoms with Gasteiger partial charge < -0.3 is 15.2 Å². The van der Waals surface area contributed by atoms with Gasteiger partial charge in [0.2, 0.25) is 15.9 Å². The number of carbonyl (C=O) groups is 2. The number of rotatable bonds is 6. The molecule has 3 heterocycles. The fourth-order valence-electron chi connectivity index (χ4n) is 4.73. The summed E-state index contributed by atoms with van der Waals surface area (Å²) < 4.78 is 28.0. The number of amides is 2. The molecule has 0 unspecified atom stereocenters. The molecule has 0 radical (unpaired) electrons. The molecule has 0 saturated carbocycles. The lowest BCUT2D eigenvalue weighted by Gasteiger charge is -2.31. The van der Waals surface area contributed by atoms with Crippen LogP contribution in [0.4, 0.5) is 5.69 Å². The van der Waals surface area contributed by atoms with Crippen molar-refractivity contribution in [3.63, 3.8) is 0 Å². The number of nitrogens with zero attached hydrogens (tertiary/aromatic N) is 2. The highest BCUT2D eigenvalue weighted by Gasteiger charge is 2.34. The average molecular weight is 487 g/mol.